The van der Waals surface area contributed by atoms with Crippen LogP contribution < -0.4 is 0 Å². The number of carbonyl (C=O) groups excluding carboxylic acids is 1. The first-order chi connectivity index (χ1) is 10.7. The average molecular weight is 377 g/mol. The molecule has 126 valence electrons. The second-order valence-electron chi connectivity index (χ2n) is 6.06. The van der Waals surface area contributed by atoms with Gasteiger partial charge in [-0.3, -0.25) is 4.79 Å². The van der Waals surface area contributed by atoms with Crippen LogP contribution >= 0.6 is 23.2 Å². The van der Waals surface area contributed by atoms with Crippen molar-refractivity contribution in [1.82, 2.24) is 9.21 Å². The third kappa shape index (κ3) is 2.65. The maximum atomic E-state index is 13.0. The van der Waals surface area contributed by atoms with Crippen molar-refractivity contribution in [2.75, 3.05) is 13.1 Å². The summed E-state index contributed by atoms with van der Waals surface area (Å²) in [5.74, 6) is -0.135. The number of benzene rings is 1. The van der Waals surface area contributed by atoms with Gasteiger partial charge in [-0.15, -0.1) is 0 Å². The Morgan fingerprint density at radius 1 is 1.26 bits per heavy atom. The van der Waals surface area contributed by atoms with Gasteiger partial charge in [-0.1, -0.05) is 23.2 Å². The maximum Gasteiger partial charge on any atom is 0.245 e. The van der Waals surface area contributed by atoms with Crippen molar-refractivity contribution < 1.29 is 13.2 Å². The van der Waals surface area contributed by atoms with Crippen molar-refractivity contribution in [3.63, 3.8) is 0 Å². The smallest absolute Gasteiger partial charge is 0.245 e. The molecule has 0 radical (unpaired) electrons. The van der Waals surface area contributed by atoms with Crippen LogP contribution in [0.5, 0.6) is 0 Å². The largest absolute Gasteiger partial charge is 0.337 e. The predicted octanol–water partition coefficient (Wildman–Crippen LogP) is 2.69. The highest BCUT2D eigenvalue weighted by atomic mass is 35.5. The fourth-order valence-corrected chi connectivity index (χ4v) is 5.72. The minimum absolute atomic E-state index is 0.00663. The molecule has 2 heterocycles. The third-order valence-electron chi connectivity index (χ3n) is 4.71. The number of sulfonamides is 1. The van der Waals surface area contributed by atoms with Gasteiger partial charge < -0.3 is 4.90 Å². The Morgan fingerprint density at radius 2 is 1.96 bits per heavy atom. The molecule has 1 aromatic carbocycles. The highest BCUT2D eigenvalue weighted by molar-refractivity contribution is 7.89. The van der Waals surface area contributed by atoms with E-state index >= 15 is 0 Å². The molecule has 0 N–H and O–H groups in total. The molecule has 0 bridgehead atoms. The molecule has 0 aliphatic carbocycles. The molecule has 0 spiro atoms. The monoisotopic (exact) mass is 376 g/mol. The molecular weight excluding hydrogens is 359 g/mol. The summed E-state index contributed by atoms with van der Waals surface area (Å²) >= 11 is 12.2. The topological polar surface area (TPSA) is 57.7 Å². The summed E-state index contributed by atoms with van der Waals surface area (Å²) in [7, 11) is -3.86. The molecule has 8 heteroatoms. The van der Waals surface area contributed by atoms with E-state index in [1.807, 2.05) is 0 Å². The molecule has 2 aliphatic heterocycles. The SMILES string of the molecule is Cc1c(Cl)ccc(S(=O)(=O)N2CC3CCCN3C(=O)C2C)c1Cl. The minimum Gasteiger partial charge on any atom is -0.337 e. The van der Waals surface area contributed by atoms with Crippen molar-refractivity contribution in [1.29, 1.82) is 0 Å². The number of hydrogen-bond donors (Lipinski definition) is 0. The Morgan fingerprint density at radius 3 is 2.65 bits per heavy atom. The molecule has 3 rings (SSSR count). The number of piperazine rings is 1. The van der Waals surface area contributed by atoms with Gasteiger partial charge in [0, 0.05) is 24.2 Å². The molecule has 0 aromatic heterocycles. The van der Waals surface area contributed by atoms with Crippen molar-refractivity contribution in [3.05, 3.63) is 27.7 Å². The number of hydrogen-bond acceptors (Lipinski definition) is 3. The summed E-state index contributed by atoms with van der Waals surface area (Å²) < 4.78 is 27.4. The molecule has 2 fully saturated rings. The van der Waals surface area contributed by atoms with E-state index in [1.54, 1.807) is 18.7 Å². The quantitative estimate of drug-likeness (QED) is 0.796. The number of halogens is 2. The molecule has 23 heavy (non-hydrogen) atoms. The normalized spacial score (nSPS) is 25.7. The summed E-state index contributed by atoms with van der Waals surface area (Å²) in [5.41, 5.74) is 0.521. The fraction of sp³-hybridized carbons (Fsp3) is 0.533. The molecule has 2 atom stereocenters. The zero-order valence-corrected chi connectivity index (χ0v) is 15.2. The van der Waals surface area contributed by atoms with Crippen LogP contribution in [0.15, 0.2) is 17.0 Å². The van der Waals surface area contributed by atoms with Crippen molar-refractivity contribution >= 4 is 39.1 Å². The summed E-state index contributed by atoms with van der Waals surface area (Å²) in [6, 6.07) is 2.17. The van der Waals surface area contributed by atoms with Gasteiger partial charge in [0.25, 0.3) is 0 Å². The number of carbonyl (C=O) groups is 1. The highest BCUT2D eigenvalue weighted by Crippen LogP contribution is 2.35. The Bertz CT molecular complexity index is 766. The molecule has 2 aliphatic rings. The number of rotatable bonds is 2. The maximum absolute atomic E-state index is 13.0. The van der Waals surface area contributed by atoms with Gasteiger partial charge in [-0.25, -0.2) is 8.42 Å². The molecule has 5 nitrogen and oxygen atoms in total. The lowest BCUT2D eigenvalue weighted by molar-refractivity contribution is -0.139. The number of nitrogens with zero attached hydrogens (tertiary/aromatic N) is 2. The Hall–Kier alpha value is -0.820. The van der Waals surface area contributed by atoms with E-state index in [4.69, 9.17) is 23.2 Å². The van der Waals surface area contributed by atoms with E-state index in [9.17, 15) is 13.2 Å². The van der Waals surface area contributed by atoms with Gasteiger partial charge in [-0.2, -0.15) is 4.31 Å². The fourth-order valence-electron chi connectivity index (χ4n) is 3.31. The van der Waals surface area contributed by atoms with Crippen LogP contribution in [0, 0.1) is 6.92 Å². The van der Waals surface area contributed by atoms with Crippen molar-refractivity contribution in [2.24, 2.45) is 0 Å². The molecule has 1 aromatic rings. The molecule has 2 saturated heterocycles. The Kier molecular flexibility index (Phi) is 4.38. The van der Waals surface area contributed by atoms with Gasteiger partial charge in [0.1, 0.15) is 10.9 Å². The predicted molar refractivity (Wildman–Crippen MR) is 89.3 cm³/mol. The zero-order valence-electron chi connectivity index (χ0n) is 12.9. The molecular formula is C15H18Cl2N2O3S. The van der Waals surface area contributed by atoms with Crippen LogP contribution in [0.2, 0.25) is 10.0 Å². The Labute approximate surface area is 146 Å². The first-order valence-electron chi connectivity index (χ1n) is 7.52. The first-order valence-corrected chi connectivity index (χ1v) is 9.71. The molecule has 0 saturated carbocycles. The van der Waals surface area contributed by atoms with Gasteiger partial charge in [-0.05, 0) is 44.4 Å². The summed E-state index contributed by atoms with van der Waals surface area (Å²) in [6.45, 7) is 4.33. The van der Waals surface area contributed by atoms with E-state index < -0.39 is 16.1 Å². The van der Waals surface area contributed by atoms with Crippen LogP contribution in [0.25, 0.3) is 0 Å². The second kappa shape index (κ2) is 5.92. The summed E-state index contributed by atoms with van der Waals surface area (Å²) in [4.78, 5) is 14.3. The van der Waals surface area contributed by atoms with Gasteiger partial charge in [0.05, 0.1) is 5.02 Å². The zero-order chi connectivity index (χ0) is 16.9. The number of amides is 1. The van der Waals surface area contributed by atoms with E-state index in [0.717, 1.165) is 12.8 Å². The highest BCUT2D eigenvalue weighted by Gasteiger charge is 2.45. The average Bonchev–Trinajstić information content (AvgIpc) is 2.96. The van der Waals surface area contributed by atoms with Crippen LogP contribution in [-0.2, 0) is 14.8 Å². The molecule has 1 amide bonds. The lowest BCUT2D eigenvalue weighted by Crippen LogP contribution is -2.59. The standard InChI is InChI=1S/C15H18Cl2N2O3S/c1-9-12(16)5-6-13(14(9)17)23(21,22)19-8-11-4-3-7-18(11)15(20)10(19)2/h5-6,10-11H,3-4,7-8H2,1-2H3. The Balaban J connectivity index is 2.03. The van der Waals surface area contributed by atoms with E-state index in [1.165, 1.54) is 16.4 Å². The first kappa shape index (κ1) is 17.0. The lowest BCUT2D eigenvalue weighted by atomic mass is 10.1. The van der Waals surface area contributed by atoms with Gasteiger partial charge in [0.2, 0.25) is 15.9 Å². The summed E-state index contributed by atoms with van der Waals surface area (Å²) in [6.07, 6.45) is 1.75. The lowest BCUT2D eigenvalue weighted by Gasteiger charge is -2.40. The second-order valence-corrected chi connectivity index (χ2v) is 8.71. The van der Waals surface area contributed by atoms with Crippen LogP contribution in [-0.4, -0.2) is 48.7 Å². The number of fused-ring (bicyclic) bond motifs is 1. The third-order valence-corrected chi connectivity index (χ3v) is 7.70. The van der Waals surface area contributed by atoms with E-state index in [-0.39, 0.29) is 21.9 Å². The van der Waals surface area contributed by atoms with Crippen molar-refractivity contribution in [3.8, 4) is 0 Å². The molecule has 2 unspecified atom stereocenters. The van der Waals surface area contributed by atoms with E-state index in [0.29, 0.717) is 23.7 Å². The van der Waals surface area contributed by atoms with Gasteiger partial charge in [0.15, 0.2) is 0 Å². The van der Waals surface area contributed by atoms with Crippen molar-refractivity contribution in [2.45, 2.75) is 43.7 Å². The van der Waals surface area contributed by atoms with Crippen LogP contribution in [0.4, 0.5) is 0 Å². The minimum atomic E-state index is -3.86. The van der Waals surface area contributed by atoms with Crippen LogP contribution in [0.1, 0.15) is 25.3 Å². The van der Waals surface area contributed by atoms with Gasteiger partial charge >= 0.3 is 0 Å². The van der Waals surface area contributed by atoms with Crippen LogP contribution in [0.3, 0.4) is 0 Å². The summed E-state index contributed by atoms with van der Waals surface area (Å²) in [5, 5.41) is 0.532. The van der Waals surface area contributed by atoms with E-state index in [2.05, 4.69) is 0 Å².